The zero-order valence-electron chi connectivity index (χ0n) is 11.8. The van der Waals surface area contributed by atoms with Crippen molar-refractivity contribution in [1.29, 1.82) is 0 Å². The van der Waals surface area contributed by atoms with E-state index in [0.29, 0.717) is 16.8 Å². The van der Waals surface area contributed by atoms with Crippen molar-refractivity contribution in [2.24, 2.45) is 5.41 Å². The van der Waals surface area contributed by atoms with Crippen molar-refractivity contribution in [2.75, 3.05) is 12.3 Å². The molecule has 2 rings (SSSR count). The number of anilines is 1. The average Bonchev–Trinajstić information content (AvgIpc) is 3.16. The van der Waals surface area contributed by atoms with E-state index in [4.69, 9.17) is 5.73 Å². The number of nitrogens with one attached hydrogen (secondary N) is 1. The molecule has 19 heavy (non-hydrogen) atoms. The van der Waals surface area contributed by atoms with Crippen LogP contribution in [0.1, 0.15) is 55.6 Å². The molecular weight excluding hydrogens is 238 g/mol. The second-order valence-corrected chi connectivity index (χ2v) is 5.56. The molecule has 1 aliphatic rings. The summed E-state index contributed by atoms with van der Waals surface area (Å²) < 4.78 is 0. The minimum atomic E-state index is -0.0359. The van der Waals surface area contributed by atoms with Gasteiger partial charge in [0.25, 0.3) is 5.91 Å². The molecule has 0 spiro atoms. The highest BCUT2D eigenvalue weighted by molar-refractivity contribution is 5.94. The van der Waals surface area contributed by atoms with Gasteiger partial charge < -0.3 is 11.1 Å². The minimum absolute atomic E-state index is 0.0359. The fraction of sp³-hybridized carbons (Fsp3) is 0.600. The summed E-state index contributed by atoms with van der Waals surface area (Å²) in [6.07, 6.45) is 5.43. The van der Waals surface area contributed by atoms with E-state index in [-0.39, 0.29) is 5.91 Å². The third kappa shape index (κ3) is 3.46. The molecule has 0 atom stereocenters. The van der Waals surface area contributed by atoms with Crippen molar-refractivity contribution in [3.63, 3.8) is 0 Å². The Kier molecular flexibility index (Phi) is 4.08. The smallest absolute Gasteiger partial charge is 0.251 e. The normalized spacial score (nSPS) is 16.1. The molecule has 0 bridgehead atoms. The van der Waals surface area contributed by atoms with Crippen molar-refractivity contribution in [3.8, 4) is 0 Å². The van der Waals surface area contributed by atoms with Crippen LogP contribution >= 0.6 is 0 Å². The van der Waals surface area contributed by atoms with Gasteiger partial charge in [0.1, 0.15) is 5.82 Å². The predicted molar refractivity (Wildman–Crippen MR) is 76.9 cm³/mol. The molecule has 0 aromatic carbocycles. The lowest BCUT2D eigenvalue weighted by atomic mass is 10.0. The lowest BCUT2D eigenvalue weighted by molar-refractivity contribution is 0.0944. The molecule has 1 aromatic heterocycles. The SMILES string of the molecule is CCCc1cc(C(=O)NCC2(CC)CC2)cc(N)n1. The Morgan fingerprint density at radius 3 is 2.74 bits per heavy atom. The maximum atomic E-state index is 12.1. The Hall–Kier alpha value is -1.58. The van der Waals surface area contributed by atoms with E-state index >= 15 is 0 Å². The molecule has 0 radical (unpaired) electrons. The summed E-state index contributed by atoms with van der Waals surface area (Å²) in [5.74, 6) is 0.388. The Bertz CT molecular complexity index is 466. The number of amides is 1. The molecule has 4 nitrogen and oxygen atoms in total. The van der Waals surface area contributed by atoms with Crippen molar-refractivity contribution < 1.29 is 4.79 Å². The van der Waals surface area contributed by atoms with Crippen LogP contribution in [0.25, 0.3) is 0 Å². The van der Waals surface area contributed by atoms with Crippen molar-refractivity contribution in [1.82, 2.24) is 10.3 Å². The van der Waals surface area contributed by atoms with Gasteiger partial charge in [-0.3, -0.25) is 4.79 Å². The zero-order chi connectivity index (χ0) is 13.9. The molecule has 104 valence electrons. The highest BCUT2D eigenvalue weighted by Crippen LogP contribution is 2.47. The number of nitrogen functional groups attached to an aromatic ring is 1. The van der Waals surface area contributed by atoms with E-state index in [0.717, 1.165) is 31.5 Å². The molecule has 1 aromatic rings. The van der Waals surface area contributed by atoms with Crippen LogP contribution in [0, 0.1) is 5.41 Å². The first-order valence-electron chi connectivity index (χ1n) is 7.13. The van der Waals surface area contributed by atoms with Gasteiger partial charge in [-0.25, -0.2) is 4.98 Å². The molecule has 1 aliphatic carbocycles. The van der Waals surface area contributed by atoms with Crippen molar-refractivity contribution >= 4 is 11.7 Å². The van der Waals surface area contributed by atoms with E-state index in [1.165, 1.54) is 12.8 Å². The topological polar surface area (TPSA) is 68.0 Å². The largest absolute Gasteiger partial charge is 0.384 e. The lowest BCUT2D eigenvalue weighted by Gasteiger charge is -2.14. The number of carbonyl (C=O) groups excluding carboxylic acids is 1. The summed E-state index contributed by atoms with van der Waals surface area (Å²) in [6, 6.07) is 3.50. The fourth-order valence-electron chi connectivity index (χ4n) is 2.33. The summed E-state index contributed by atoms with van der Waals surface area (Å²) in [7, 11) is 0. The summed E-state index contributed by atoms with van der Waals surface area (Å²) in [6.45, 7) is 5.04. The van der Waals surface area contributed by atoms with Gasteiger partial charge in [0.15, 0.2) is 0 Å². The number of carbonyl (C=O) groups is 1. The van der Waals surface area contributed by atoms with E-state index in [1.54, 1.807) is 6.07 Å². The summed E-state index contributed by atoms with van der Waals surface area (Å²) in [4.78, 5) is 16.4. The van der Waals surface area contributed by atoms with Gasteiger partial charge in [0.05, 0.1) is 0 Å². The average molecular weight is 261 g/mol. The first-order valence-corrected chi connectivity index (χ1v) is 7.13. The maximum absolute atomic E-state index is 12.1. The van der Waals surface area contributed by atoms with Gasteiger partial charge in [0, 0.05) is 17.8 Å². The number of nitrogens with two attached hydrogens (primary N) is 1. The number of aromatic nitrogens is 1. The predicted octanol–water partition coefficient (Wildman–Crippen LogP) is 2.54. The van der Waals surface area contributed by atoms with Gasteiger partial charge in [-0.15, -0.1) is 0 Å². The van der Waals surface area contributed by atoms with Crippen molar-refractivity contribution in [2.45, 2.75) is 46.0 Å². The van der Waals surface area contributed by atoms with Gasteiger partial charge in [-0.1, -0.05) is 20.3 Å². The van der Waals surface area contributed by atoms with E-state index in [2.05, 4.69) is 24.1 Å². The van der Waals surface area contributed by atoms with Crippen LogP contribution < -0.4 is 11.1 Å². The molecule has 1 fully saturated rings. The first kappa shape index (κ1) is 13.8. The van der Waals surface area contributed by atoms with Gasteiger partial charge in [0.2, 0.25) is 0 Å². The van der Waals surface area contributed by atoms with E-state index in [1.807, 2.05) is 6.07 Å². The summed E-state index contributed by atoms with van der Waals surface area (Å²) in [5, 5.41) is 3.03. The van der Waals surface area contributed by atoms with Crippen LogP contribution in [0.4, 0.5) is 5.82 Å². The Morgan fingerprint density at radius 1 is 1.42 bits per heavy atom. The van der Waals surface area contributed by atoms with Crippen molar-refractivity contribution in [3.05, 3.63) is 23.4 Å². The molecule has 0 unspecified atom stereocenters. The van der Waals surface area contributed by atoms with Gasteiger partial charge in [-0.05, 0) is 43.2 Å². The Balaban J connectivity index is 2.01. The molecule has 1 heterocycles. The number of rotatable bonds is 6. The van der Waals surface area contributed by atoms with Crippen LogP contribution in [-0.2, 0) is 6.42 Å². The van der Waals surface area contributed by atoms with E-state index in [9.17, 15) is 4.79 Å². The molecule has 0 aliphatic heterocycles. The quantitative estimate of drug-likeness (QED) is 0.827. The Labute approximate surface area is 114 Å². The second-order valence-electron chi connectivity index (χ2n) is 5.56. The number of hydrogen-bond donors (Lipinski definition) is 2. The lowest BCUT2D eigenvalue weighted by Crippen LogP contribution is -2.30. The van der Waals surface area contributed by atoms with Crippen LogP contribution in [0.3, 0.4) is 0 Å². The highest BCUT2D eigenvalue weighted by Gasteiger charge is 2.40. The standard InChI is InChI=1S/C15H23N3O/c1-3-5-12-8-11(9-13(16)18-12)14(19)17-10-15(4-2)6-7-15/h8-9H,3-7,10H2,1-2H3,(H2,16,18)(H,17,19). The van der Waals surface area contributed by atoms with Crippen LogP contribution in [0.15, 0.2) is 12.1 Å². The number of aryl methyl sites for hydroxylation is 1. The van der Waals surface area contributed by atoms with Gasteiger partial charge in [-0.2, -0.15) is 0 Å². The number of nitrogens with zero attached hydrogens (tertiary/aromatic N) is 1. The third-order valence-electron chi connectivity index (χ3n) is 4.00. The maximum Gasteiger partial charge on any atom is 0.251 e. The fourth-order valence-corrected chi connectivity index (χ4v) is 2.33. The zero-order valence-corrected chi connectivity index (χ0v) is 11.8. The van der Waals surface area contributed by atoms with Gasteiger partial charge >= 0.3 is 0 Å². The minimum Gasteiger partial charge on any atom is -0.384 e. The van der Waals surface area contributed by atoms with Crippen LogP contribution in [0.5, 0.6) is 0 Å². The van der Waals surface area contributed by atoms with E-state index < -0.39 is 0 Å². The van der Waals surface area contributed by atoms with Crippen LogP contribution in [-0.4, -0.2) is 17.4 Å². The summed E-state index contributed by atoms with van der Waals surface area (Å²) in [5.41, 5.74) is 7.64. The number of pyridine rings is 1. The highest BCUT2D eigenvalue weighted by atomic mass is 16.1. The summed E-state index contributed by atoms with van der Waals surface area (Å²) >= 11 is 0. The molecule has 1 saturated carbocycles. The number of hydrogen-bond acceptors (Lipinski definition) is 3. The monoisotopic (exact) mass is 261 g/mol. The third-order valence-corrected chi connectivity index (χ3v) is 4.00. The van der Waals surface area contributed by atoms with Crippen LogP contribution in [0.2, 0.25) is 0 Å². The molecular formula is C15H23N3O. The molecule has 1 amide bonds. The molecule has 4 heteroatoms. The first-order chi connectivity index (χ1) is 9.08. The molecule has 3 N–H and O–H groups in total. The Morgan fingerprint density at radius 2 is 2.16 bits per heavy atom. The molecule has 0 saturated heterocycles. The second kappa shape index (κ2) is 5.59.